The number of hydrogen-bond acceptors (Lipinski definition) is 5. The molecule has 0 aromatic heterocycles. The average molecular weight is 487 g/mol. The van der Waals surface area contributed by atoms with Crippen LogP contribution >= 0.6 is 11.6 Å². The van der Waals surface area contributed by atoms with E-state index in [-0.39, 0.29) is 22.1 Å². The van der Waals surface area contributed by atoms with Gasteiger partial charge in [0.15, 0.2) is 0 Å². The predicted octanol–water partition coefficient (Wildman–Crippen LogP) is 5.19. The average Bonchev–Trinajstić information content (AvgIpc) is 2.77. The molecule has 0 aliphatic rings. The van der Waals surface area contributed by atoms with Crippen molar-refractivity contribution >= 4 is 44.9 Å². The lowest BCUT2D eigenvalue weighted by Crippen LogP contribution is -2.17. The molecular formula is C24H23ClN2O5S. The molecular weight excluding hydrogens is 464 g/mol. The Bertz CT molecular complexity index is 1320. The molecule has 0 spiro atoms. The highest BCUT2D eigenvalue weighted by atomic mass is 35.5. The quantitative estimate of drug-likeness (QED) is 0.448. The summed E-state index contributed by atoms with van der Waals surface area (Å²) >= 11 is 6.15. The summed E-state index contributed by atoms with van der Waals surface area (Å²) in [5, 5.41) is 2.72. The maximum absolute atomic E-state index is 12.9. The third-order valence-corrected chi connectivity index (χ3v) is 6.71. The number of esters is 1. The van der Waals surface area contributed by atoms with Crippen LogP contribution in [0.3, 0.4) is 0 Å². The highest BCUT2D eigenvalue weighted by Crippen LogP contribution is 2.27. The SMILES string of the molecule is CCOC(=O)c1ccc(NC(=O)c2ccc(Cl)c(S(=O)(=O)Nc3ccccc3C)c2)c(C)c1. The molecule has 3 aromatic rings. The van der Waals surface area contributed by atoms with Gasteiger partial charge in [-0.1, -0.05) is 29.8 Å². The molecule has 0 fully saturated rings. The Morgan fingerprint density at radius 2 is 1.61 bits per heavy atom. The first-order valence-corrected chi connectivity index (χ1v) is 12.0. The molecule has 172 valence electrons. The first kappa shape index (κ1) is 24.3. The number of para-hydroxylation sites is 1. The minimum Gasteiger partial charge on any atom is -0.462 e. The highest BCUT2D eigenvalue weighted by molar-refractivity contribution is 7.92. The van der Waals surface area contributed by atoms with Crippen LogP contribution in [0.5, 0.6) is 0 Å². The fourth-order valence-electron chi connectivity index (χ4n) is 3.08. The summed E-state index contributed by atoms with van der Waals surface area (Å²) in [6.07, 6.45) is 0. The van der Waals surface area contributed by atoms with Crippen molar-refractivity contribution in [3.8, 4) is 0 Å². The smallest absolute Gasteiger partial charge is 0.338 e. The number of ether oxygens (including phenoxy) is 1. The molecule has 33 heavy (non-hydrogen) atoms. The van der Waals surface area contributed by atoms with E-state index in [1.165, 1.54) is 18.2 Å². The molecule has 0 saturated heterocycles. The van der Waals surface area contributed by atoms with Crippen LogP contribution in [0.1, 0.15) is 38.8 Å². The molecule has 9 heteroatoms. The van der Waals surface area contributed by atoms with Gasteiger partial charge >= 0.3 is 5.97 Å². The summed E-state index contributed by atoms with van der Waals surface area (Å²) in [7, 11) is -4.04. The summed E-state index contributed by atoms with van der Waals surface area (Å²) in [6.45, 7) is 5.49. The van der Waals surface area contributed by atoms with Crippen molar-refractivity contribution in [1.29, 1.82) is 0 Å². The lowest BCUT2D eigenvalue weighted by atomic mass is 10.1. The molecule has 0 radical (unpaired) electrons. The van der Waals surface area contributed by atoms with Crippen molar-refractivity contribution in [2.24, 2.45) is 0 Å². The van der Waals surface area contributed by atoms with E-state index < -0.39 is 21.9 Å². The summed E-state index contributed by atoms with van der Waals surface area (Å²) in [5.41, 5.74) is 2.77. The van der Waals surface area contributed by atoms with Crippen molar-refractivity contribution in [3.05, 3.63) is 87.9 Å². The predicted molar refractivity (Wildman–Crippen MR) is 129 cm³/mol. The number of anilines is 2. The van der Waals surface area contributed by atoms with Crippen LogP contribution in [0, 0.1) is 13.8 Å². The Labute approximate surface area is 197 Å². The molecule has 0 heterocycles. The van der Waals surface area contributed by atoms with Crippen molar-refractivity contribution in [2.75, 3.05) is 16.6 Å². The minimum atomic E-state index is -4.04. The standard InChI is InChI=1S/C24H23ClN2O5S/c1-4-32-24(29)18-10-12-20(16(3)13-18)26-23(28)17-9-11-19(25)22(14-17)33(30,31)27-21-8-6-5-7-15(21)2/h5-14,27H,4H2,1-3H3,(H,26,28). The van der Waals surface area contributed by atoms with E-state index in [9.17, 15) is 18.0 Å². The summed E-state index contributed by atoms with van der Waals surface area (Å²) in [5.74, 6) is -0.974. The Balaban J connectivity index is 1.85. The van der Waals surface area contributed by atoms with Gasteiger partial charge in [-0.05, 0) is 74.4 Å². The Morgan fingerprint density at radius 1 is 0.909 bits per heavy atom. The van der Waals surface area contributed by atoms with E-state index in [1.807, 2.05) is 0 Å². The second-order valence-corrected chi connectivity index (χ2v) is 9.33. The number of carbonyl (C=O) groups excluding carboxylic acids is 2. The lowest BCUT2D eigenvalue weighted by molar-refractivity contribution is 0.0526. The first-order valence-electron chi connectivity index (χ1n) is 10.1. The zero-order valence-corrected chi connectivity index (χ0v) is 19.9. The van der Waals surface area contributed by atoms with E-state index in [2.05, 4.69) is 10.0 Å². The largest absolute Gasteiger partial charge is 0.462 e. The Morgan fingerprint density at radius 3 is 2.27 bits per heavy atom. The van der Waals surface area contributed by atoms with Crippen molar-refractivity contribution < 1.29 is 22.7 Å². The molecule has 0 aliphatic carbocycles. The molecule has 0 aliphatic heterocycles. The fourth-order valence-corrected chi connectivity index (χ4v) is 4.74. The van der Waals surface area contributed by atoms with Gasteiger partial charge in [0.05, 0.1) is 22.9 Å². The maximum atomic E-state index is 12.9. The van der Waals surface area contributed by atoms with Crippen LogP contribution in [0.4, 0.5) is 11.4 Å². The molecule has 1 amide bonds. The number of sulfonamides is 1. The van der Waals surface area contributed by atoms with E-state index in [0.717, 1.165) is 5.56 Å². The topological polar surface area (TPSA) is 102 Å². The summed E-state index contributed by atoms with van der Waals surface area (Å²) in [6, 6.07) is 15.7. The number of benzene rings is 3. The van der Waals surface area contributed by atoms with Crippen LogP contribution in [0.25, 0.3) is 0 Å². The van der Waals surface area contributed by atoms with E-state index in [1.54, 1.807) is 63.2 Å². The van der Waals surface area contributed by atoms with Gasteiger partial charge in [-0.15, -0.1) is 0 Å². The van der Waals surface area contributed by atoms with Crippen LogP contribution in [-0.2, 0) is 14.8 Å². The van der Waals surface area contributed by atoms with Crippen LogP contribution in [0.2, 0.25) is 5.02 Å². The molecule has 7 nitrogen and oxygen atoms in total. The number of carbonyl (C=O) groups is 2. The minimum absolute atomic E-state index is 0.0115. The monoisotopic (exact) mass is 486 g/mol. The fraction of sp³-hybridized carbons (Fsp3) is 0.167. The zero-order valence-electron chi connectivity index (χ0n) is 18.3. The van der Waals surface area contributed by atoms with Gasteiger partial charge in [0, 0.05) is 11.3 Å². The van der Waals surface area contributed by atoms with Gasteiger partial charge in [0.2, 0.25) is 0 Å². The summed E-state index contributed by atoms with van der Waals surface area (Å²) < 4.78 is 33.4. The number of nitrogens with one attached hydrogen (secondary N) is 2. The van der Waals surface area contributed by atoms with Gasteiger partial charge in [-0.25, -0.2) is 13.2 Å². The maximum Gasteiger partial charge on any atom is 0.338 e. The van der Waals surface area contributed by atoms with Crippen molar-refractivity contribution in [2.45, 2.75) is 25.7 Å². The zero-order chi connectivity index (χ0) is 24.2. The van der Waals surface area contributed by atoms with Crippen molar-refractivity contribution in [1.82, 2.24) is 0 Å². The molecule has 0 unspecified atom stereocenters. The Kier molecular flexibility index (Phi) is 7.40. The molecule has 3 rings (SSSR count). The number of aryl methyl sites for hydroxylation is 2. The van der Waals surface area contributed by atoms with Gasteiger partial charge in [0.25, 0.3) is 15.9 Å². The number of rotatable bonds is 7. The molecule has 0 atom stereocenters. The first-order chi connectivity index (χ1) is 15.6. The normalized spacial score (nSPS) is 11.0. The third-order valence-electron chi connectivity index (χ3n) is 4.86. The van der Waals surface area contributed by atoms with Crippen molar-refractivity contribution in [3.63, 3.8) is 0 Å². The van der Waals surface area contributed by atoms with Gasteiger partial charge in [-0.3, -0.25) is 9.52 Å². The van der Waals surface area contributed by atoms with E-state index >= 15 is 0 Å². The number of halogens is 1. The van der Waals surface area contributed by atoms with Crippen LogP contribution in [0.15, 0.2) is 65.6 Å². The van der Waals surface area contributed by atoms with E-state index in [4.69, 9.17) is 16.3 Å². The number of hydrogen-bond donors (Lipinski definition) is 2. The lowest BCUT2D eigenvalue weighted by Gasteiger charge is -2.13. The Hall–Kier alpha value is -3.36. The molecule has 0 saturated carbocycles. The summed E-state index contributed by atoms with van der Waals surface area (Å²) in [4.78, 5) is 24.5. The van der Waals surface area contributed by atoms with Crippen LogP contribution < -0.4 is 10.0 Å². The van der Waals surface area contributed by atoms with Crippen LogP contribution in [-0.4, -0.2) is 26.9 Å². The van der Waals surface area contributed by atoms with Gasteiger partial charge in [-0.2, -0.15) is 0 Å². The second-order valence-electron chi connectivity index (χ2n) is 7.27. The molecule has 3 aromatic carbocycles. The number of amides is 1. The van der Waals surface area contributed by atoms with Gasteiger partial charge < -0.3 is 10.1 Å². The highest BCUT2D eigenvalue weighted by Gasteiger charge is 2.21. The van der Waals surface area contributed by atoms with E-state index in [0.29, 0.717) is 22.5 Å². The molecule has 2 N–H and O–H groups in total. The molecule has 0 bridgehead atoms. The third kappa shape index (κ3) is 5.71. The second kappa shape index (κ2) is 10.1. The van der Waals surface area contributed by atoms with Gasteiger partial charge in [0.1, 0.15) is 4.90 Å².